The van der Waals surface area contributed by atoms with Crippen molar-refractivity contribution in [2.75, 3.05) is 6.54 Å². The molecule has 182 valence electrons. The number of carboxylic acid groups (broad SMARTS) is 1. The first kappa shape index (κ1) is 27.3. The Morgan fingerprint density at radius 1 is 0.970 bits per heavy atom. The summed E-state index contributed by atoms with van der Waals surface area (Å²) in [5.74, 6) is -4.71. The summed E-state index contributed by atoms with van der Waals surface area (Å²) in [6.45, 7) is 0.789. The van der Waals surface area contributed by atoms with E-state index in [1.165, 1.54) is 31.2 Å². The van der Waals surface area contributed by atoms with Gasteiger partial charge in [0, 0.05) is 12.8 Å². The van der Waals surface area contributed by atoms with Crippen molar-refractivity contribution in [3.8, 4) is 5.75 Å². The zero-order chi connectivity index (χ0) is 25.1. The number of aliphatic hydroxyl groups excluding tert-OH is 1. The molecule has 1 rings (SSSR count). The molecule has 13 heteroatoms. The molecule has 0 fully saturated rings. The minimum absolute atomic E-state index is 0.0155. The van der Waals surface area contributed by atoms with Crippen molar-refractivity contribution in [1.82, 2.24) is 16.0 Å². The van der Waals surface area contributed by atoms with Crippen LogP contribution in [0.1, 0.15) is 25.3 Å². The smallest absolute Gasteiger partial charge is 0.326 e. The highest BCUT2D eigenvalue weighted by Gasteiger charge is 2.31. The summed E-state index contributed by atoms with van der Waals surface area (Å²) < 4.78 is 0. The lowest BCUT2D eigenvalue weighted by Gasteiger charge is -2.25. The number of aliphatic hydroxyl groups is 1. The van der Waals surface area contributed by atoms with E-state index in [0.717, 1.165) is 0 Å². The summed E-state index contributed by atoms with van der Waals surface area (Å²) in [6, 6.07) is 1.46. The van der Waals surface area contributed by atoms with Crippen molar-refractivity contribution in [3.63, 3.8) is 0 Å². The van der Waals surface area contributed by atoms with Gasteiger partial charge >= 0.3 is 5.97 Å². The third-order valence-electron chi connectivity index (χ3n) is 4.57. The van der Waals surface area contributed by atoms with Crippen LogP contribution in [0.4, 0.5) is 0 Å². The van der Waals surface area contributed by atoms with Gasteiger partial charge in [0.05, 0.1) is 12.6 Å². The molecule has 4 amide bonds. The molecule has 1 aromatic rings. The number of aliphatic carboxylic acids is 1. The third-order valence-corrected chi connectivity index (χ3v) is 4.57. The van der Waals surface area contributed by atoms with Crippen LogP contribution in [0.2, 0.25) is 0 Å². The number of primary amides is 1. The Morgan fingerprint density at radius 3 is 2.03 bits per heavy atom. The Bertz CT molecular complexity index is 859. The van der Waals surface area contributed by atoms with E-state index in [0.29, 0.717) is 5.56 Å². The topological polar surface area (TPSA) is 234 Å². The van der Waals surface area contributed by atoms with Crippen LogP contribution in [-0.4, -0.2) is 75.7 Å². The van der Waals surface area contributed by atoms with Crippen LogP contribution in [0.15, 0.2) is 24.3 Å². The zero-order valence-electron chi connectivity index (χ0n) is 18.0. The zero-order valence-corrected chi connectivity index (χ0v) is 18.0. The summed E-state index contributed by atoms with van der Waals surface area (Å²) in [5.41, 5.74) is 10.8. The number of carboxylic acids is 1. The normalized spacial score (nSPS) is 14.3. The van der Waals surface area contributed by atoms with Crippen LogP contribution in [0.5, 0.6) is 5.75 Å². The Kier molecular flexibility index (Phi) is 10.7. The number of aromatic hydroxyl groups is 1. The lowest BCUT2D eigenvalue weighted by atomic mass is 10.0. The van der Waals surface area contributed by atoms with Crippen LogP contribution in [0, 0.1) is 0 Å². The predicted molar refractivity (Wildman–Crippen MR) is 114 cm³/mol. The lowest BCUT2D eigenvalue weighted by Crippen LogP contribution is -2.59. The minimum Gasteiger partial charge on any atom is -0.508 e. The Labute approximate surface area is 189 Å². The van der Waals surface area contributed by atoms with Crippen molar-refractivity contribution in [2.45, 2.75) is 50.4 Å². The first-order chi connectivity index (χ1) is 15.4. The largest absolute Gasteiger partial charge is 0.508 e. The third kappa shape index (κ3) is 9.53. The second kappa shape index (κ2) is 13.0. The van der Waals surface area contributed by atoms with E-state index in [1.807, 2.05) is 0 Å². The average molecular weight is 467 g/mol. The number of amides is 4. The van der Waals surface area contributed by atoms with Gasteiger partial charge in [-0.05, 0) is 31.0 Å². The molecule has 4 atom stereocenters. The molecule has 0 aliphatic heterocycles. The summed E-state index contributed by atoms with van der Waals surface area (Å²) in [6.07, 6.45) is -2.03. The fourth-order valence-corrected chi connectivity index (χ4v) is 2.79. The van der Waals surface area contributed by atoms with Crippen LogP contribution in [0.3, 0.4) is 0 Å². The van der Waals surface area contributed by atoms with E-state index in [2.05, 4.69) is 16.0 Å². The monoisotopic (exact) mass is 467 g/mol. The van der Waals surface area contributed by atoms with E-state index in [-0.39, 0.29) is 25.0 Å². The molecular formula is C20H29N5O8. The van der Waals surface area contributed by atoms with Gasteiger partial charge in [0.25, 0.3) is 0 Å². The van der Waals surface area contributed by atoms with E-state index < -0.39 is 60.4 Å². The number of carbonyl (C=O) groups is 5. The molecule has 0 bridgehead atoms. The molecule has 4 unspecified atom stereocenters. The maximum absolute atomic E-state index is 12.8. The lowest BCUT2D eigenvalue weighted by molar-refractivity contribution is -0.142. The summed E-state index contributed by atoms with van der Waals surface area (Å²) in [7, 11) is 0. The van der Waals surface area contributed by atoms with E-state index in [4.69, 9.17) is 11.5 Å². The van der Waals surface area contributed by atoms with Gasteiger partial charge in [-0.3, -0.25) is 19.2 Å². The molecule has 0 heterocycles. The quantitative estimate of drug-likeness (QED) is 0.148. The van der Waals surface area contributed by atoms with Crippen molar-refractivity contribution in [3.05, 3.63) is 29.8 Å². The van der Waals surface area contributed by atoms with Crippen molar-refractivity contribution in [2.24, 2.45) is 11.5 Å². The van der Waals surface area contributed by atoms with Crippen molar-refractivity contribution < 1.29 is 39.3 Å². The van der Waals surface area contributed by atoms with E-state index in [9.17, 15) is 39.3 Å². The number of rotatable bonds is 13. The molecule has 0 saturated heterocycles. The number of nitrogens with one attached hydrogen (secondary N) is 3. The highest BCUT2D eigenvalue weighted by atomic mass is 16.4. The van der Waals surface area contributed by atoms with Crippen LogP contribution >= 0.6 is 0 Å². The van der Waals surface area contributed by atoms with Gasteiger partial charge in [0.1, 0.15) is 23.9 Å². The van der Waals surface area contributed by atoms with Gasteiger partial charge in [0.15, 0.2) is 0 Å². The number of phenols is 1. The molecule has 0 aliphatic rings. The fourth-order valence-electron chi connectivity index (χ4n) is 2.79. The number of hydrogen-bond acceptors (Lipinski definition) is 8. The maximum Gasteiger partial charge on any atom is 0.326 e. The minimum atomic E-state index is -1.45. The molecule has 0 aromatic heterocycles. The Hall–Kier alpha value is -3.71. The molecule has 1 aromatic carbocycles. The van der Waals surface area contributed by atoms with Gasteiger partial charge in [-0.25, -0.2) is 4.79 Å². The standard InChI is InChI=1S/C20H29N5O8/c1-10(26)17(25-16(29)9-21)19(31)23-13(6-7-15(22)28)18(30)24-14(20(32)33)8-11-2-4-12(27)5-3-11/h2-5,10,13-14,17,26-27H,6-9,21H2,1H3,(H2,22,28)(H,23,31)(H,24,30)(H,25,29)(H,32,33). The van der Waals surface area contributed by atoms with E-state index in [1.54, 1.807) is 0 Å². The molecule has 33 heavy (non-hydrogen) atoms. The molecule has 0 saturated carbocycles. The number of phenolic OH excluding ortho intramolecular Hbond substituents is 1. The van der Waals surface area contributed by atoms with Crippen molar-refractivity contribution >= 4 is 29.6 Å². The fraction of sp³-hybridized carbons (Fsp3) is 0.450. The van der Waals surface area contributed by atoms with Crippen LogP contribution in [0.25, 0.3) is 0 Å². The van der Waals surface area contributed by atoms with Gasteiger partial charge in [-0.2, -0.15) is 0 Å². The Balaban J connectivity index is 2.99. The highest BCUT2D eigenvalue weighted by molar-refractivity contribution is 5.94. The number of nitrogens with two attached hydrogens (primary N) is 2. The first-order valence-electron chi connectivity index (χ1n) is 10.0. The van der Waals surface area contributed by atoms with Gasteiger partial charge in [-0.1, -0.05) is 12.1 Å². The van der Waals surface area contributed by atoms with Gasteiger partial charge in [-0.15, -0.1) is 0 Å². The molecular weight excluding hydrogens is 438 g/mol. The maximum atomic E-state index is 12.8. The first-order valence-corrected chi connectivity index (χ1v) is 10.0. The average Bonchev–Trinajstić information content (AvgIpc) is 2.74. The van der Waals surface area contributed by atoms with Crippen LogP contribution in [-0.2, 0) is 30.4 Å². The molecule has 0 radical (unpaired) electrons. The van der Waals surface area contributed by atoms with Crippen molar-refractivity contribution in [1.29, 1.82) is 0 Å². The van der Waals surface area contributed by atoms with E-state index >= 15 is 0 Å². The number of hydrogen-bond donors (Lipinski definition) is 8. The molecule has 10 N–H and O–H groups in total. The molecule has 13 nitrogen and oxygen atoms in total. The van der Waals surface area contributed by atoms with Gasteiger partial charge < -0.3 is 42.7 Å². The Morgan fingerprint density at radius 2 is 1.55 bits per heavy atom. The molecule has 0 spiro atoms. The second-order valence-corrected chi connectivity index (χ2v) is 7.33. The second-order valence-electron chi connectivity index (χ2n) is 7.33. The summed E-state index contributed by atoms with van der Waals surface area (Å²) >= 11 is 0. The number of carbonyl (C=O) groups excluding carboxylic acids is 4. The number of benzene rings is 1. The summed E-state index contributed by atoms with van der Waals surface area (Å²) in [5, 5.41) is 35.4. The highest BCUT2D eigenvalue weighted by Crippen LogP contribution is 2.12. The predicted octanol–water partition coefficient (Wildman–Crippen LogP) is -2.92. The van der Waals surface area contributed by atoms with Crippen LogP contribution < -0.4 is 27.4 Å². The summed E-state index contributed by atoms with van der Waals surface area (Å²) in [4.78, 5) is 59.7. The van der Waals surface area contributed by atoms with Gasteiger partial charge in [0.2, 0.25) is 23.6 Å². The SMILES string of the molecule is CC(O)C(NC(=O)CN)C(=O)NC(CCC(N)=O)C(=O)NC(Cc1ccc(O)cc1)C(=O)O. The molecule has 0 aliphatic carbocycles.